The molecule has 2 amide bonds. The summed E-state index contributed by atoms with van der Waals surface area (Å²) >= 11 is 0. The van der Waals surface area contributed by atoms with Gasteiger partial charge in [0.25, 0.3) is 5.91 Å². The van der Waals surface area contributed by atoms with Crippen molar-refractivity contribution in [3.63, 3.8) is 0 Å². The first-order valence-corrected chi connectivity index (χ1v) is 23.0. The molecule has 4 aromatic rings. The second kappa shape index (κ2) is 17.1. The highest BCUT2D eigenvalue weighted by Crippen LogP contribution is 2.49. The lowest BCUT2D eigenvalue weighted by molar-refractivity contribution is -0.155. The molecule has 1 aromatic carbocycles. The van der Waals surface area contributed by atoms with Gasteiger partial charge >= 0.3 is 5.97 Å². The number of amides is 2. The van der Waals surface area contributed by atoms with E-state index in [0.717, 1.165) is 77.8 Å². The summed E-state index contributed by atoms with van der Waals surface area (Å²) in [6.07, 6.45) is 8.64. The van der Waals surface area contributed by atoms with Crippen LogP contribution in [-0.2, 0) is 36.7 Å². The van der Waals surface area contributed by atoms with Crippen molar-refractivity contribution in [2.75, 3.05) is 40.4 Å². The van der Waals surface area contributed by atoms with Crippen LogP contribution in [0.4, 0.5) is 0 Å². The molecule has 5 aliphatic rings. The van der Waals surface area contributed by atoms with Crippen LogP contribution in [0, 0.1) is 40.4 Å². The minimum absolute atomic E-state index is 0.0305. The van der Waals surface area contributed by atoms with E-state index in [-0.39, 0.29) is 60.7 Å². The number of rotatable bonds is 7. The molecular weight excluding hydrogens is 797 g/mol. The minimum Gasteiger partial charge on any atom is -0.464 e. The number of esters is 1. The number of cyclic esters (lactones) is 1. The van der Waals surface area contributed by atoms with Crippen LogP contribution in [0.3, 0.4) is 0 Å². The van der Waals surface area contributed by atoms with Gasteiger partial charge in [-0.3, -0.25) is 24.4 Å². The fourth-order valence-corrected chi connectivity index (χ4v) is 10.5. The first-order chi connectivity index (χ1) is 30.2. The first-order valence-electron chi connectivity index (χ1n) is 23.0. The van der Waals surface area contributed by atoms with Crippen molar-refractivity contribution in [2.24, 2.45) is 29.1 Å². The molecule has 3 aromatic heterocycles. The molecule has 334 valence electrons. The Morgan fingerprint density at radius 1 is 1.10 bits per heavy atom. The van der Waals surface area contributed by atoms with E-state index >= 15 is 0 Å². The number of piperidine rings is 1. The highest BCUT2D eigenvalue weighted by atomic mass is 16.5. The van der Waals surface area contributed by atoms with Crippen molar-refractivity contribution in [2.45, 2.75) is 116 Å². The number of hydrazine groups is 1. The van der Waals surface area contributed by atoms with Crippen LogP contribution in [-0.4, -0.2) is 94.7 Å². The van der Waals surface area contributed by atoms with Gasteiger partial charge in [-0.25, -0.2) is 10.4 Å². The van der Waals surface area contributed by atoms with Crippen LogP contribution in [0.1, 0.15) is 114 Å². The number of pyridine rings is 1. The van der Waals surface area contributed by atoms with Crippen LogP contribution < -0.4 is 10.7 Å². The summed E-state index contributed by atoms with van der Waals surface area (Å²) in [6, 6.07) is 9.62. The number of carbonyl (C=O) groups excluding carboxylic acids is 3. The van der Waals surface area contributed by atoms with Crippen molar-refractivity contribution in [1.82, 2.24) is 35.2 Å². The second-order valence-corrected chi connectivity index (χ2v) is 19.9. The van der Waals surface area contributed by atoms with Crippen LogP contribution in [0.15, 0.2) is 41.1 Å². The summed E-state index contributed by atoms with van der Waals surface area (Å²) < 4.78 is 20.8. The molecule has 2 saturated carbocycles. The van der Waals surface area contributed by atoms with Crippen LogP contribution in [0.2, 0.25) is 0 Å². The van der Waals surface area contributed by atoms with Crippen LogP contribution >= 0.6 is 0 Å². The number of aromatic nitrogens is 3. The van der Waals surface area contributed by atoms with E-state index < -0.39 is 23.5 Å². The number of hydrogen-bond acceptors (Lipinski definition) is 11. The Bertz CT molecular complexity index is 2430. The molecule has 14 nitrogen and oxygen atoms in total. The number of carbonyl (C=O) groups is 3. The fourth-order valence-electron chi connectivity index (χ4n) is 10.5. The number of methoxy groups -OCH3 is 1. The van der Waals surface area contributed by atoms with Crippen molar-refractivity contribution in [3.05, 3.63) is 59.4 Å². The molecule has 6 bridgehead atoms. The third-order valence-electron chi connectivity index (χ3n) is 14.9. The summed E-state index contributed by atoms with van der Waals surface area (Å²) in [7, 11) is 3.90. The molecule has 2 saturated heterocycles. The van der Waals surface area contributed by atoms with Crippen molar-refractivity contribution in [3.8, 4) is 28.6 Å². The third-order valence-corrected chi connectivity index (χ3v) is 14.9. The normalized spacial score (nSPS) is 28.4. The van der Waals surface area contributed by atoms with Gasteiger partial charge in [0.15, 0.2) is 5.89 Å². The molecule has 4 fully saturated rings. The molecule has 1 unspecified atom stereocenters. The number of nitrogens with zero attached hydrogens (tertiary/aromatic N) is 6. The molecule has 63 heavy (non-hydrogen) atoms. The Morgan fingerprint density at radius 2 is 1.86 bits per heavy atom. The van der Waals surface area contributed by atoms with Gasteiger partial charge in [-0.2, -0.15) is 5.26 Å². The Hall–Kier alpha value is -5.10. The van der Waals surface area contributed by atoms with Crippen molar-refractivity contribution < 1.29 is 28.3 Å². The maximum Gasteiger partial charge on any atom is 0.324 e. The number of benzene rings is 1. The summed E-state index contributed by atoms with van der Waals surface area (Å²) in [5.41, 5.74) is 10.4. The maximum absolute atomic E-state index is 14.2. The van der Waals surface area contributed by atoms with Gasteiger partial charge in [0.05, 0.1) is 42.5 Å². The number of nitrogens with one attached hydrogen (secondary N) is 2. The van der Waals surface area contributed by atoms with Gasteiger partial charge < -0.3 is 28.7 Å². The summed E-state index contributed by atoms with van der Waals surface area (Å²) in [6.45, 7) is 12.9. The molecule has 14 heteroatoms. The number of likely N-dealkylation sites (tertiary alicyclic amines) is 1. The molecule has 6 atom stereocenters. The lowest BCUT2D eigenvalue weighted by Crippen LogP contribution is -2.60. The first kappa shape index (κ1) is 43.2. The standard InChI is InChI=1S/C49H62N8O6/c1-27-28(2)43(27)46(58)53-39-21-42-52-40(25-62-42)32-10-11-41-35(19-32)37(22-49(4,5)26-63-48(60)38-9-8-14-56(54-38)47(39)59)45(57(41)34-17-30(18-34)23-50)36-20-33(24-51-44(36)29(3)61-7)31-12-15-55(6)16-13-31/h10-11,19-20,24-25,27-31,34,38-39,43,54H,8-9,12-18,21-22,26H2,1-7H3,(H,53,58)/t27-,28+,29-,30?,34?,38-,39-,43?/m0/s1. The number of fused-ring (bicyclic) bond motifs is 6. The van der Waals surface area contributed by atoms with Crippen molar-refractivity contribution in [1.29, 1.82) is 5.26 Å². The van der Waals surface area contributed by atoms with E-state index in [1.807, 2.05) is 27.0 Å². The van der Waals surface area contributed by atoms with Crippen LogP contribution in [0.25, 0.3) is 33.4 Å². The Labute approximate surface area is 370 Å². The van der Waals surface area contributed by atoms with Gasteiger partial charge in [0.1, 0.15) is 24.0 Å². The van der Waals surface area contributed by atoms with Crippen molar-refractivity contribution >= 4 is 28.7 Å². The molecule has 0 spiro atoms. The smallest absolute Gasteiger partial charge is 0.324 e. The Kier molecular flexibility index (Phi) is 11.7. The van der Waals surface area contributed by atoms with E-state index in [1.165, 1.54) is 10.6 Å². The fraction of sp³-hybridized carbons (Fsp3) is 0.592. The van der Waals surface area contributed by atoms with Gasteiger partial charge in [0.2, 0.25) is 5.91 Å². The van der Waals surface area contributed by atoms with E-state index in [0.29, 0.717) is 43.3 Å². The Balaban J connectivity index is 1.20. The monoisotopic (exact) mass is 858 g/mol. The zero-order valence-corrected chi connectivity index (χ0v) is 37.8. The molecule has 0 radical (unpaired) electrons. The highest BCUT2D eigenvalue weighted by molar-refractivity contribution is 5.95. The third kappa shape index (κ3) is 8.40. The SMILES string of the molecule is CO[C@@H](C)c1ncc(C2CCN(C)CC2)cc1-c1c2c3cc(ccc3n1C1CC(C#N)C1)-c1coc(n1)C[C@H](NC(=O)C1[C@@H](C)[C@H]1C)C(=O)N1CCC[C@H](N1)C(=O)OCC(C)(C)C2. The lowest BCUT2D eigenvalue weighted by Gasteiger charge is -2.36. The van der Waals surface area contributed by atoms with E-state index in [4.69, 9.17) is 23.9 Å². The molecule has 6 heterocycles. The quantitative estimate of drug-likeness (QED) is 0.186. The molecule has 2 N–H and O–H groups in total. The predicted octanol–water partition coefficient (Wildman–Crippen LogP) is 6.90. The molecule has 2 aliphatic carbocycles. The van der Waals surface area contributed by atoms with Gasteiger partial charge in [-0.1, -0.05) is 33.8 Å². The summed E-state index contributed by atoms with van der Waals surface area (Å²) in [5.74, 6) is 0.00347. The molecule has 3 aliphatic heterocycles. The second-order valence-electron chi connectivity index (χ2n) is 19.9. The lowest BCUT2D eigenvalue weighted by atomic mass is 9.80. The van der Waals surface area contributed by atoms with E-state index in [2.05, 4.69) is 71.4 Å². The minimum atomic E-state index is -0.961. The van der Waals surface area contributed by atoms with Crippen LogP contribution in [0.5, 0.6) is 0 Å². The molecule has 9 rings (SSSR count). The zero-order chi connectivity index (χ0) is 44.3. The average molecular weight is 859 g/mol. The van der Waals surface area contributed by atoms with Gasteiger partial charge in [-0.15, -0.1) is 0 Å². The maximum atomic E-state index is 14.2. The number of nitriles is 1. The number of ether oxygens (including phenoxy) is 2. The highest BCUT2D eigenvalue weighted by Gasteiger charge is 2.49. The van der Waals surface area contributed by atoms with E-state index in [9.17, 15) is 19.6 Å². The van der Waals surface area contributed by atoms with E-state index in [1.54, 1.807) is 13.4 Å². The Morgan fingerprint density at radius 3 is 2.57 bits per heavy atom. The summed E-state index contributed by atoms with van der Waals surface area (Å²) in [5, 5.41) is 15.5. The average Bonchev–Trinajstić information content (AvgIpc) is 3.52. The van der Waals surface area contributed by atoms with Gasteiger partial charge in [-0.05, 0) is 119 Å². The zero-order valence-electron chi connectivity index (χ0n) is 37.8. The number of hydrogen-bond donors (Lipinski definition) is 2. The number of oxazole rings is 1. The predicted molar refractivity (Wildman–Crippen MR) is 237 cm³/mol. The van der Waals surface area contributed by atoms with Gasteiger partial charge in [0, 0.05) is 59.3 Å². The topological polar surface area (TPSA) is 168 Å². The largest absolute Gasteiger partial charge is 0.464 e. The molecular formula is C49H62N8O6. The summed E-state index contributed by atoms with van der Waals surface area (Å²) in [4.78, 5) is 54.2.